The topological polar surface area (TPSA) is 79.0 Å². The van der Waals surface area contributed by atoms with Gasteiger partial charge in [-0.05, 0) is 37.6 Å². The number of nitrogens with zero attached hydrogens (tertiary/aromatic N) is 2. The highest BCUT2D eigenvalue weighted by atomic mass is 32.2. The number of nitrogens with one attached hydrogen (secondary N) is 1. The number of carbonyl (C=O) groups excluding carboxylic acids is 1. The van der Waals surface area contributed by atoms with Gasteiger partial charge in [0.05, 0.1) is 11.4 Å². The minimum atomic E-state index is -4.84. The average Bonchev–Trinajstić information content (AvgIpc) is 2.61. The molecule has 1 aromatic rings. The number of alkyl halides is 3. The van der Waals surface area contributed by atoms with E-state index in [2.05, 4.69) is 10.1 Å². The second-order valence-electron chi connectivity index (χ2n) is 6.58. The van der Waals surface area contributed by atoms with Gasteiger partial charge in [0.2, 0.25) is 15.9 Å². The highest BCUT2D eigenvalue weighted by Crippen LogP contribution is 2.25. The van der Waals surface area contributed by atoms with E-state index in [9.17, 15) is 26.4 Å². The molecule has 1 amide bonds. The molecule has 0 aliphatic carbocycles. The molecule has 1 heterocycles. The number of carbonyl (C=O) groups is 1. The van der Waals surface area contributed by atoms with Gasteiger partial charge in [0, 0.05) is 32.2 Å². The number of amides is 1. The van der Waals surface area contributed by atoms with E-state index in [1.54, 1.807) is 0 Å². The highest BCUT2D eigenvalue weighted by molar-refractivity contribution is 7.89. The quantitative estimate of drug-likeness (QED) is 0.724. The van der Waals surface area contributed by atoms with E-state index >= 15 is 0 Å². The number of benzene rings is 1. The molecule has 1 aromatic carbocycles. The van der Waals surface area contributed by atoms with E-state index in [-0.39, 0.29) is 36.5 Å². The fourth-order valence-corrected chi connectivity index (χ4v) is 4.14. The monoisotopic (exact) mass is 423 g/mol. The van der Waals surface area contributed by atoms with Crippen molar-refractivity contribution in [2.45, 2.75) is 37.6 Å². The number of ether oxygens (including phenoxy) is 1. The maximum absolute atomic E-state index is 12.7. The molecule has 0 radical (unpaired) electrons. The van der Waals surface area contributed by atoms with Gasteiger partial charge in [-0.25, -0.2) is 8.42 Å². The summed E-state index contributed by atoms with van der Waals surface area (Å²) in [6.45, 7) is 5.25. The normalized spacial score (nSPS) is 17.9. The second kappa shape index (κ2) is 9.10. The summed E-state index contributed by atoms with van der Waals surface area (Å²) >= 11 is 0. The van der Waals surface area contributed by atoms with Crippen molar-refractivity contribution in [2.75, 3.05) is 32.7 Å². The molecule has 11 heteroatoms. The lowest BCUT2D eigenvalue weighted by molar-refractivity contribution is -0.274. The number of sulfonamides is 1. The van der Waals surface area contributed by atoms with Crippen LogP contribution >= 0.6 is 0 Å². The standard InChI is InChI=1S/C17H24F3N3O4S/c1-3-13(2)21-16(24)12-22-8-10-23(11-9-22)28(25,26)15-6-4-14(5-7-15)27-17(18,19)20/h4-7,13H,3,8-12H2,1-2H3,(H,21,24)/t13-/m1/s1. The van der Waals surface area contributed by atoms with E-state index < -0.39 is 22.1 Å². The molecule has 0 spiro atoms. The van der Waals surface area contributed by atoms with Gasteiger partial charge in [-0.15, -0.1) is 13.2 Å². The summed E-state index contributed by atoms with van der Waals surface area (Å²) in [7, 11) is -3.83. The van der Waals surface area contributed by atoms with Crippen LogP contribution in [0.3, 0.4) is 0 Å². The Balaban J connectivity index is 1.93. The van der Waals surface area contributed by atoms with E-state index in [4.69, 9.17) is 0 Å². The lowest BCUT2D eigenvalue weighted by Crippen LogP contribution is -2.51. The zero-order chi connectivity index (χ0) is 20.9. The fourth-order valence-electron chi connectivity index (χ4n) is 2.72. The summed E-state index contributed by atoms with van der Waals surface area (Å²) < 4.78 is 66.9. The van der Waals surface area contributed by atoms with Crippen LogP contribution in [0.2, 0.25) is 0 Å². The molecule has 28 heavy (non-hydrogen) atoms. The van der Waals surface area contributed by atoms with Crippen molar-refractivity contribution in [3.8, 4) is 5.75 Å². The molecule has 0 bridgehead atoms. The van der Waals surface area contributed by atoms with Gasteiger partial charge in [0.25, 0.3) is 0 Å². The third-order valence-corrected chi connectivity index (χ3v) is 6.33. The number of halogens is 3. The molecule has 7 nitrogen and oxygen atoms in total. The van der Waals surface area contributed by atoms with Crippen LogP contribution in [0.1, 0.15) is 20.3 Å². The largest absolute Gasteiger partial charge is 0.573 e. The molecule has 1 N–H and O–H groups in total. The van der Waals surface area contributed by atoms with Gasteiger partial charge in [-0.3, -0.25) is 9.69 Å². The number of hydrogen-bond donors (Lipinski definition) is 1. The van der Waals surface area contributed by atoms with Gasteiger partial charge in [0.1, 0.15) is 5.75 Å². The molecule has 1 aliphatic heterocycles. The second-order valence-corrected chi connectivity index (χ2v) is 8.51. The van der Waals surface area contributed by atoms with E-state index in [0.29, 0.717) is 13.1 Å². The molecule has 1 aliphatic rings. The van der Waals surface area contributed by atoms with Crippen molar-refractivity contribution in [3.05, 3.63) is 24.3 Å². The predicted molar refractivity (Wildman–Crippen MR) is 96.2 cm³/mol. The molecular weight excluding hydrogens is 399 g/mol. The van der Waals surface area contributed by atoms with Crippen LogP contribution in [0.15, 0.2) is 29.2 Å². The number of piperazine rings is 1. The Hall–Kier alpha value is -1.85. The Bertz CT molecular complexity index is 761. The zero-order valence-electron chi connectivity index (χ0n) is 15.7. The Kier molecular flexibility index (Phi) is 7.29. The fraction of sp³-hybridized carbons (Fsp3) is 0.588. The Morgan fingerprint density at radius 1 is 1.18 bits per heavy atom. The Morgan fingerprint density at radius 2 is 1.75 bits per heavy atom. The first-order valence-electron chi connectivity index (χ1n) is 8.89. The molecule has 1 atom stereocenters. The third-order valence-electron chi connectivity index (χ3n) is 4.41. The summed E-state index contributed by atoms with van der Waals surface area (Å²) in [5, 5.41) is 2.86. The van der Waals surface area contributed by atoms with Crippen LogP contribution in [0.25, 0.3) is 0 Å². The first-order chi connectivity index (χ1) is 13.0. The van der Waals surface area contributed by atoms with Crippen molar-refractivity contribution >= 4 is 15.9 Å². The lowest BCUT2D eigenvalue weighted by atomic mass is 10.2. The molecule has 1 fully saturated rings. The van der Waals surface area contributed by atoms with E-state index in [1.165, 1.54) is 4.31 Å². The molecule has 2 rings (SSSR count). The summed E-state index contributed by atoms with van der Waals surface area (Å²) in [6, 6.07) is 4.19. The maximum Gasteiger partial charge on any atom is 0.573 e. The third kappa shape index (κ3) is 6.35. The van der Waals surface area contributed by atoms with Crippen molar-refractivity contribution in [1.29, 1.82) is 0 Å². The van der Waals surface area contributed by atoms with E-state index in [1.807, 2.05) is 18.7 Å². The van der Waals surface area contributed by atoms with Crippen LogP contribution in [0, 0.1) is 0 Å². The SMILES string of the molecule is CC[C@@H](C)NC(=O)CN1CCN(S(=O)(=O)c2ccc(OC(F)(F)F)cc2)CC1. The number of rotatable bonds is 7. The first-order valence-corrected chi connectivity index (χ1v) is 10.3. The smallest absolute Gasteiger partial charge is 0.406 e. The van der Waals surface area contributed by atoms with Crippen molar-refractivity contribution < 1.29 is 31.1 Å². The van der Waals surface area contributed by atoms with Gasteiger partial charge in [-0.2, -0.15) is 4.31 Å². The van der Waals surface area contributed by atoms with Crippen molar-refractivity contribution in [1.82, 2.24) is 14.5 Å². The summed E-state index contributed by atoms with van der Waals surface area (Å²) in [5.41, 5.74) is 0. The van der Waals surface area contributed by atoms with Crippen LogP contribution < -0.4 is 10.1 Å². The van der Waals surface area contributed by atoms with Gasteiger partial charge >= 0.3 is 6.36 Å². The average molecular weight is 423 g/mol. The van der Waals surface area contributed by atoms with Crippen LogP contribution in [-0.2, 0) is 14.8 Å². The van der Waals surface area contributed by atoms with Gasteiger partial charge in [0.15, 0.2) is 0 Å². The van der Waals surface area contributed by atoms with Crippen LogP contribution in [-0.4, -0.2) is 68.7 Å². The molecule has 0 saturated carbocycles. The summed E-state index contributed by atoms with van der Waals surface area (Å²) in [5.74, 6) is -0.588. The minimum Gasteiger partial charge on any atom is -0.406 e. The molecule has 1 saturated heterocycles. The van der Waals surface area contributed by atoms with Crippen molar-refractivity contribution in [2.24, 2.45) is 0 Å². The minimum absolute atomic E-state index is 0.0819. The van der Waals surface area contributed by atoms with E-state index in [0.717, 1.165) is 30.7 Å². The molecule has 0 unspecified atom stereocenters. The molecule has 158 valence electrons. The van der Waals surface area contributed by atoms with Crippen LogP contribution in [0.5, 0.6) is 5.75 Å². The number of hydrogen-bond acceptors (Lipinski definition) is 5. The highest BCUT2D eigenvalue weighted by Gasteiger charge is 2.32. The Labute approximate surface area is 162 Å². The predicted octanol–water partition coefficient (Wildman–Crippen LogP) is 1.81. The van der Waals surface area contributed by atoms with Gasteiger partial charge in [-0.1, -0.05) is 6.92 Å². The van der Waals surface area contributed by atoms with Crippen LogP contribution in [0.4, 0.5) is 13.2 Å². The lowest BCUT2D eigenvalue weighted by Gasteiger charge is -2.33. The maximum atomic E-state index is 12.7. The Morgan fingerprint density at radius 3 is 2.25 bits per heavy atom. The first kappa shape index (κ1) is 22.4. The molecular formula is C17H24F3N3O4S. The summed E-state index contributed by atoms with van der Waals surface area (Å²) in [4.78, 5) is 13.7. The zero-order valence-corrected chi connectivity index (χ0v) is 16.5. The van der Waals surface area contributed by atoms with Crippen molar-refractivity contribution in [3.63, 3.8) is 0 Å². The van der Waals surface area contributed by atoms with Gasteiger partial charge < -0.3 is 10.1 Å². The molecule has 0 aromatic heterocycles. The summed E-state index contributed by atoms with van der Waals surface area (Å²) in [6.07, 6.45) is -4.01.